The number of likely N-dealkylation sites (tertiary alicyclic amines) is 1. The topological polar surface area (TPSA) is 32.7 Å². The zero-order chi connectivity index (χ0) is 27.6. The van der Waals surface area contributed by atoms with E-state index in [1.54, 1.807) is 0 Å². The van der Waals surface area contributed by atoms with E-state index in [-0.39, 0.29) is 18.2 Å². The molecule has 6 heteroatoms. The number of fused-ring (bicyclic) bond motifs is 1. The van der Waals surface area contributed by atoms with E-state index in [4.69, 9.17) is 27.9 Å². The molecule has 3 nitrogen and oxygen atoms in total. The van der Waals surface area contributed by atoms with Gasteiger partial charge in [-0.1, -0.05) is 54.1 Å². The lowest BCUT2D eigenvalue weighted by molar-refractivity contribution is 0.0785. The third kappa shape index (κ3) is 6.62. The molecule has 39 heavy (non-hydrogen) atoms. The second kappa shape index (κ2) is 12.2. The molecule has 1 heterocycles. The third-order valence-electron chi connectivity index (χ3n) is 8.00. The van der Waals surface area contributed by atoms with Crippen LogP contribution in [0.5, 0.6) is 5.75 Å². The monoisotopic (exact) mass is 569 g/mol. The van der Waals surface area contributed by atoms with Crippen LogP contribution in [0, 0.1) is 0 Å². The number of hydrogen-bond donors (Lipinski definition) is 1. The second-order valence-corrected chi connectivity index (χ2v) is 12.4. The molecular formula is C33H38Cl2FNO2. The van der Waals surface area contributed by atoms with Crippen molar-refractivity contribution in [1.82, 2.24) is 4.90 Å². The van der Waals surface area contributed by atoms with Gasteiger partial charge in [-0.15, -0.1) is 11.6 Å². The van der Waals surface area contributed by atoms with E-state index in [1.807, 2.05) is 26.0 Å². The molecule has 1 N–H and O–H groups in total. The van der Waals surface area contributed by atoms with Crippen LogP contribution < -0.4 is 4.74 Å². The minimum absolute atomic E-state index is 0.0855. The molecule has 3 aliphatic rings. The molecule has 0 radical (unpaired) electrons. The van der Waals surface area contributed by atoms with E-state index < -0.39 is 5.60 Å². The molecule has 0 amide bonds. The minimum Gasteiger partial charge on any atom is -0.489 e. The minimum atomic E-state index is -0.901. The molecular weight excluding hydrogens is 532 g/mol. The van der Waals surface area contributed by atoms with Crippen molar-refractivity contribution >= 4 is 28.8 Å². The SMILES string of the molecule is CC(C)(O)c1ccc2c(c1)CCCC(C1=C(Cl)CC(Cl)C=C1)=C2c1ccc(O[C@H]2CCN(CCCF)C2)cc1. The van der Waals surface area contributed by atoms with Gasteiger partial charge in [-0.3, -0.25) is 9.29 Å². The molecule has 0 aromatic heterocycles. The number of aryl methyl sites for hydroxylation is 1. The number of hydrogen-bond acceptors (Lipinski definition) is 3. The standard InChI is InChI=1S/C33H38Cl2FNO2/c1-33(2,38)24-9-13-28-23(19-24)5-3-6-30(29-14-10-25(34)20-31(29)35)32(28)22-7-11-26(12-8-22)39-27-15-18-37(21-27)17-4-16-36/h7-14,19,25,27,38H,3-6,15-18,20-21H2,1-2H3/t25?,27-/m0/s1. The molecule has 5 rings (SSSR count). The van der Waals surface area contributed by atoms with Crippen molar-refractivity contribution in [2.75, 3.05) is 26.3 Å². The summed E-state index contributed by atoms with van der Waals surface area (Å²) < 4.78 is 18.9. The summed E-state index contributed by atoms with van der Waals surface area (Å²) >= 11 is 13.2. The summed E-state index contributed by atoms with van der Waals surface area (Å²) in [6.07, 6.45) is 9.25. The fraction of sp³-hybridized carbons (Fsp3) is 0.455. The van der Waals surface area contributed by atoms with Crippen molar-refractivity contribution < 1.29 is 14.2 Å². The highest BCUT2D eigenvalue weighted by atomic mass is 35.5. The fourth-order valence-electron chi connectivity index (χ4n) is 5.94. The Balaban J connectivity index is 1.50. The maximum Gasteiger partial charge on any atom is 0.119 e. The molecule has 2 atom stereocenters. The molecule has 2 aromatic carbocycles. The molecule has 0 bridgehead atoms. The Bertz CT molecular complexity index is 1280. The summed E-state index contributed by atoms with van der Waals surface area (Å²) in [6, 6.07) is 14.8. The predicted octanol–water partition coefficient (Wildman–Crippen LogP) is 7.93. The maximum absolute atomic E-state index is 12.6. The summed E-state index contributed by atoms with van der Waals surface area (Å²) in [5.74, 6) is 0.851. The van der Waals surface area contributed by atoms with E-state index in [2.05, 4.69) is 47.4 Å². The number of nitrogens with zero attached hydrogens (tertiary/aromatic N) is 1. The Kier molecular flexibility index (Phi) is 8.88. The van der Waals surface area contributed by atoms with Crippen LogP contribution in [-0.2, 0) is 12.0 Å². The van der Waals surface area contributed by atoms with Gasteiger partial charge in [0, 0.05) is 31.1 Å². The van der Waals surface area contributed by atoms with E-state index in [1.165, 1.54) is 22.3 Å². The second-order valence-electron chi connectivity index (χ2n) is 11.4. The van der Waals surface area contributed by atoms with Crippen molar-refractivity contribution in [3.05, 3.63) is 93.0 Å². The smallest absolute Gasteiger partial charge is 0.119 e. The van der Waals surface area contributed by atoms with E-state index in [0.717, 1.165) is 72.8 Å². The Morgan fingerprint density at radius 3 is 2.64 bits per heavy atom. The van der Waals surface area contributed by atoms with Crippen LogP contribution in [0.1, 0.15) is 68.2 Å². The lowest BCUT2D eigenvalue weighted by Gasteiger charge is -2.23. The van der Waals surface area contributed by atoms with Gasteiger partial charge in [-0.2, -0.15) is 0 Å². The van der Waals surface area contributed by atoms with Crippen LogP contribution in [0.2, 0.25) is 0 Å². The third-order valence-corrected chi connectivity index (χ3v) is 8.66. The number of rotatable bonds is 8. The average molecular weight is 571 g/mol. The van der Waals surface area contributed by atoms with Crippen molar-refractivity contribution in [3.8, 4) is 5.75 Å². The first-order valence-electron chi connectivity index (χ1n) is 14.1. The van der Waals surface area contributed by atoms with Crippen molar-refractivity contribution in [3.63, 3.8) is 0 Å². The highest BCUT2D eigenvalue weighted by Gasteiger charge is 2.27. The van der Waals surface area contributed by atoms with Crippen molar-refractivity contribution in [1.29, 1.82) is 0 Å². The van der Waals surface area contributed by atoms with Gasteiger partial charge in [0.2, 0.25) is 0 Å². The van der Waals surface area contributed by atoms with Crippen LogP contribution in [0.3, 0.4) is 0 Å². The van der Waals surface area contributed by atoms with Gasteiger partial charge in [-0.25, -0.2) is 0 Å². The van der Waals surface area contributed by atoms with Gasteiger partial charge >= 0.3 is 0 Å². The molecule has 1 saturated heterocycles. The lowest BCUT2D eigenvalue weighted by atomic mass is 9.84. The molecule has 0 spiro atoms. The van der Waals surface area contributed by atoms with Gasteiger partial charge in [-0.05, 0) is 97.1 Å². The van der Waals surface area contributed by atoms with Crippen LogP contribution in [0.4, 0.5) is 4.39 Å². The summed E-state index contributed by atoms with van der Waals surface area (Å²) in [5.41, 5.74) is 7.05. The Hall–Kier alpha value is -2.11. The fourth-order valence-corrected chi connectivity index (χ4v) is 6.59. The largest absolute Gasteiger partial charge is 0.489 e. The van der Waals surface area contributed by atoms with Crippen molar-refractivity contribution in [2.45, 2.75) is 69.5 Å². The molecule has 1 unspecified atom stereocenters. The normalized spacial score (nSPS) is 22.3. The van der Waals surface area contributed by atoms with Crippen molar-refractivity contribution in [2.24, 2.45) is 0 Å². The van der Waals surface area contributed by atoms with Gasteiger partial charge in [0.25, 0.3) is 0 Å². The molecule has 2 aromatic rings. The number of aliphatic hydroxyl groups is 1. The van der Waals surface area contributed by atoms with Crippen LogP contribution in [0.25, 0.3) is 5.57 Å². The zero-order valence-corrected chi connectivity index (χ0v) is 24.4. The van der Waals surface area contributed by atoms with Crippen LogP contribution in [0.15, 0.2) is 70.8 Å². The van der Waals surface area contributed by atoms with E-state index >= 15 is 0 Å². The first-order chi connectivity index (χ1) is 18.7. The van der Waals surface area contributed by atoms with Gasteiger partial charge in [0.15, 0.2) is 0 Å². The van der Waals surface area contributed by atoms with Crippen LogP contribution in [-0.4, -0.2) is 47.8 Å². The summed E-state index contributed by atoms with van der Waals surface area (Å²) in [4.78, 5) is 2.28. The first kappa shape index (κ1) is 28.4. The van der Waals surface area contributed by atoms with Gasteiger partial charge in [0.05, 0.1) is 17.7 Å². The van der Waals surface area contributed by atoms with E-state index in [9.17, 15) is 9.50 Å². The molecule has 208 valence electrons. The Morgan fingerprint density at radius 2 is 1.92 bits per heavy atom. The highest BCUT2D eigenvalue weighted by molar-refractivity contribution is 6.32. The molecule has 0 saturated carbocycles. The number of benzene rings is 2. The predicted molar refractivity (Wildman–Crippen MR) is 159 cm³/mol. The zero-order valence-electron chi connectivity index (χ0n) is 22.9. The Morgan fingerprint density at radius 1 is 1.13 bits per heavy atom. The van der Waals surface area contributed by atoms with Gasteiger partial charge in [0.1, 0.15) is 11.9 Å². The van der Waals surface area contributed by atoms with E-state index in [0.29, 0.717) is 12.8 Å². The highest BCUT2D eigenvalue weighted by Crippen LogP contribution is 2.43. The molecule has 1 aliphatic heterocycles. The van der Waals surface area contributed by atoms with Gasteiger partial charge < -0.3 is 9.84 Å². The first-order valence-corrected chi connectivity index (χ1v) is 14.9. The summed E-state index contributed by atoms with van der Waals surface area (Å²) in [5, 5.41) is 11.4. The molecule has 2 aliphatic carbocycles. The average Bonchev–Trinajstić information content (AvgIpc) is 3.26. The summed E-state index contributed by atoms with van der Waals surface area (Å²) in [7, 11) is 0. The number of allylic oxidation sites excluding steroid dienone is 5. The Labute approximate surface area is 242 Å². The maximum atomic E-state index is 12.6. The quantitative estimate of drug-likeness (QED) is 0.327. The number of halogens is 3. The molecule has 1 fully saturated rings. The summed E-state index contributed by atoms with van der Waals surface area (Å²) in [6.45, 7) is 5.98. The number of alkyl halides is 2. The van der Waals surface area contributed by atoms with Crippen LogP contribution >= 0.6 is 23.2 Å². The lowest BCUT2D eigenvalue weighted by Crippen LogP contribution is -2.26. The number of ether oxygens (including phenoxy) is 1.